The molecule has 0 radical (unpaired) electrons. The Morgan fingerprint density at radius 3 is 2.93 bits per heavy atom. The molecule has 5 heteroatoms. The molecule has 0 heterocycles. The van der Waals surface area contributed by atoms with Crippen LogP contribution in [0.2, 0.25) is 0 Å². The highest BCUT2D eigenvalue weighted by molar-refractivity contribution is 14.1. The van der Waals surface area contributed by atoms with Crippen LogP contribution < -0.4 is 10.6 Å². The van der Waals surface area contributed by atoms with Crippen LogP contribution in [0.3, 0.4) is 0 Å². The van der Waals surface area contributed by atoms with E-state index >= 15 is 0 Å². The molecule has 0 amide bonds. The molecule has 0 unspecified atom stereocenters. The van der Waals surface area contributed by atoms with E-state index in [-0.39, 0.29) is 0 Å². The molecule has 0 saturated carbocycles. The molecule has 0 spiro atoms. The summed E-state index contributed by atoms with van der Waals surface area (Å²) in [5.41, 5.74) is 0.893. The van der Waals surface area contributed by atoms with Gasteiger partial charge in [0.25, 0.3) is 0 Å². The summed E-state index contributed by atoms with van der Waals surface area (Å²) in [5, 5.41) is 3.53. The van der Waals surface area contributed by atoms with Gasteiger partial charge in [-0.05, 0) is 41.1 Å². The molecule has 1 aromatic rings. The fourth-order valence-electron chi connectivity index (χ4n) is 1.11. The van der Waals surface area contributed by atoms with E-state index < -0.39 is 0 Å². The summed E-state index contributed by atoms with van der Waals surface area (Å²) >= 11 is 5.66. The smallest absolute Gasteiger partial charge is 0.141 e. The molecule has 2 N–H and O–H groups in total. The lowest BCUT2D eigenvalue weighted by molar-refractivity contribution is 0.315. The van der Waals surface area contributed by atoms with Crippen molar-refractivity contribution in [2.24, 2.45) is 10.9 Å². The van der Waals surface area contributed by atoms with E-state index in [4.69, 9.17) is 10.6 Å². The van der Waals surface area contributed by atoms with E-state index in [0.29, 0.717) is 6.61 Å². The first-order valence-electron chi connectivity index (χ1n) is 4.54. The number of nitrogens with two attached hydrogens (primary N) is 1. The van der Waals surface area contributed by atoms with Crippen molar-refractivity contribution in [1.29, 1.82) is 0 Å². The van der Waals surface area contributed by atoms with Gasteiger partial charge in [0.1, 0.15) is 5.75 Å². The quantitative estimate of drug-likeness (QED) is 0.376. The number of nitrogens with zero attached hydrogens (tertiary/aromatic N) is 1. The number of hydrogen-bond donors (Lipinski definition) is 1. The zero-order valence-electron chi connectivity index (χ0n) is 8.34. The van der Waals surface area contributed by atoms with Gasteiger partial charge >= 0.3 is 0 Å². The Hall–Kier alpha value is -0.300. The van der Waals surface area contributed by atoms with Gasteiger partial charge in [0.2, 0.25) is 0 Å². The standard InChI is InChI=1S/C10H12BrIN2O/c1-2-3-15-10-7(6-14-13)4-8(11)5-9(10)12/h4-6H,2-3,13H2,1H3. The molecule has 0 atom stereocenters. The second kappa shape index (κ2) is 6.32. The molecule has 0 aliphatic carbocycles. The van der Waals surface area contributed by atoms with E-state index in [2.05, 4.69) is 50.5 Å². The molecule has 0 aliphatic rings. The fraction of sp³-hybridized carbons (Fsp3) is 0.300. The average Bonchev–Trinajstić information content (AvgIpc) is 2.17. The Balaban J connectivity index is 3.08. The molecular formula is C10H12BrIN2O. The third kappa shape index (κ3) is 3.64. The number of halogens is 2. The monoisotopic (exact) mass is 382 g/mol. The van der Waals surface area contributed by atoms with Gasteiger partial charge in [-0.25, -0.2) is 0 Å². The zero-order valence-corrected chi connectivity index (χ0v) is 12.1. The van der Waals surface area contributed by atoms with Crippen LogP contribution >= 0.6 is 38.5 Å². The van der Waals surface area contributed by atoms with Gasteiger partial charge in [0, 0.05) is 10.0 Å². The van der Waals surface area contributed by atoms with Gasteiger partial charge in [0.05, 0.1) is 16.4 Å². The van der Waals surface area contributed by atoms with E-state index in [1.807, 2.05) is 12.1 Å². The van der Waals surface area contributed by atoms with Crippen molar-refractivity contribution < 1.29 is 4.74 Å². The minimum absolute atomic E-state index is 0.697. The average molecular weight is 383 g/mol. The minimum atomic E-state index is 0.697. The molecule has 82 valence electrons. The van der Waals surface area contributed by atoms with Crippen molar-refractivity contribution in [2.75, 3.05) is 6.61 Å². The molecular weight excluding hydrogens is 371 g/mol. The maximum atomic E-state index is 5.65. The summed E-state index contributed by atoms with van der Waals surface area (Å²) in [5.74, 6) is 6.00. The highest BCUT2D eigenvalue weighted by Gasteiger charge is 2.08. The van der Waals surface area contributed by atoms with Crippen LogP contribution in [0.4, 0.5) is 0 Å². The summed E-state index contributed by atoms with van der Waals surface area (Å²) < 4.78 is 7.69. The van der Waals surface area contributed by atoms with Gasteiger partial charge in [0.15, 0.2) is 0 Å². The maximum absolute atomic E-state index is 5.65. The van der Waals surface area contributed by atoms with Crippen LogP contribution in [0.25, 0.3) is 0 Å². The van der Waals surface area contributed by atoms with Crippen LogP contribution in [0.15, 0.2) is 21.7 Å². The van der Waals surface area contributed by atoms with Crippen molar-refractivity contribution in [3.05, 3.63) is 25.7 Å². The van der Waals surface area contributed by atoms with E-state index in [9.17, 15) is 0 Å². The van der Waals surface area contributed by atoms with Crippen molar-refractivity contribution in [3.63, 3.8) is 0 Å². The second-order valence-corrected chi connectivity index (χ2v) is 5.01. The molecule has 15 heavy (non-hydrogen) atoms. The Labute approximate surface area is 111 Å². The number of rotatable bonds is 4. The lowest BCUT2D eigenvalue weighted by Gasteiger charge is -2.10. The predicted octanol–water partition coefficient (Wildman–Crippen LogP) is 3.14. The summed E-state index contributed by atoms with van der Waals surface area (Å²) in [6.07, 6.45) is 2.57. The first-order valence-corrected chi connectivity index (χ1v) is 6.41. The molecule has 0 bridgehead atoms. The second-order valence-electron chi connectivity index (χ2n) is 2.93. The lowest BCUT2D eigenvalue weighted by Crippen LogP contribution is -2.01. The van der Waals surface area contributed by atoms with Crippen molar-refractivity contribution in [3.8, 4) is 5.75 Å². The molecule has 0 aromatic heterocycles. The number of hydrazone groups is 1. The van der Waals surface area contributed by atoms with Crippen LogP contribution in [0, 0.1) is 3.57 Å². The van der Waals surface area contributed by atoms with Crippen LogP contribution in [0.1, 0.15) is 18.9 Å². The van der Waals surface area contributed by atoms with Crippen LogP contribution in [-0.2, 0) is 0 Å². The van der Waals surface area contributed by atoms with Crippen molar-refractivity contribution in [1.82, 2.24) is 0 Å². The molecule has 0 fully saturated rings. The van der Waals surface area contributed by atoms with E-state index in [1.165, 1.54) is 0 Å². The minimum Gasteiger partial charge on any atom is -0.492 e. The Morgan fingerprint density at radius 2 is 2.33 bits per heavy atom. The number of hydrogen-bond acceptors (Lipinski definition) is 3. The first kappa shape index (κ1) is 12.8. The topological polar surface area (TPSA) is 47.6 Å². The van der Waals surface area contributed by atoms with Gasteiger partial charge in [-0.3, -0.25) is 0 Å². The highest BCUT2D eigenvalue weighted by Crippen LogP contribution is 2.28. The molecule has 3 nitrogen and oxygen atoms in total. The Bertz CT molecular complexity index is 369. The Morgan fingerprint density at radius 1 is 1.60 bits per heavy atom. The first-order chi connectivity index (χ1) is 7.19. The SMILES string of the molecule is CCCOc1c(I)cc(Br)cc1C=NN. The maximum Gasteiger partial charge on any atom is 0.141 e. The number of ether oxygens (including phenoxy) is 1. The highest BCUT2D eigenvalue weighted by atomic mass is 127. The predicted molar refractivity (Wildman–Crippen MR) is 74.4 cm³/mol. The summed E-state index contributed by atoms with van der Waals surface area (Å²) in [6, 6.07) is 3.93. The van der Waals surface area contributed by atoms with Gasteiger partial charge < -0.3 is 10.6 Å². The Kier molecular flexibility index (Phi) is 5.38. The molecule has 1 aromatic carbocycles. The van der Waals surface area contributed by atoms with Gasteiger partial charge in [-0.2, -0.15) is 5.10 Å². The van der Waals surface area contributed by atoms with Gasteiger partial charge in [-0.15, -0.1) is 0 Å². The summed E-state index contributed by atoms with van der Waals surface area (Å²) in [7, 11) is 0. The molecule has 0 aliphatic heterocycles. The third-order valence-corrected chi connectivity index (χ3v) is 2.96. The summed E-state index contributed by atoms with van der Waals surface area (Å²) in [4.78, 5) is 0. The third-order valence-electron chi connectivity index (χ3n) is 1.70. The summed E-state index contributed by atoms with van der Waals surface area (Å²) in [6.45, 7) is 2.77. The van der Waals surface area contributed by atoms with Gasteiger partial charge in [-0.1, -0.05) is 22.9 Å². The largest absolute Gasteiger partial charge is 0.492 e. The van der Waals surface area contributed by atoms with Crippen molar-refractivity contribution >= 4 is 44.7 Å². The van der Waals surface area contributed by atoms with Crippen LogP contribution in [0.5, 0.6) is 5.75 Å². The zero-order chi connectivity index (χ0) is 11.3. The number of benzene rings is 1. The van der Waals surface area contributed by atoms with E-state index in [1.54, 1.807) is 6.21 Å². The molecule has 0 saturated heterocycles. The lowest BCUT2D eigenvalue weighted by atomic mass is 10.2. The van der Waals surface area contributed by atoms with Crippen molar-refractivity contribution in [2.45, 2.75) is 13.3 Å². The molecule has 1 rings (SSSR count). The van der Waals surface area contributed by atoms with Crippen LogP contribution in [-0.4, -0.2) is 12.8 Å². The van der Waals surface area contributed by atoms with E-state index in [0.717, 1.165) is 25.8 Å². The normalized spacial score (nSPS) is 10.9. The fourth-order valence-corrected chi connectivity index (χ4v) is 2.82.